The minimum absolute atomic E-state index is 0.0631. The third-order valence-corrected chi connectivity index (χ3v) is 2.31. The smallest absolute Gasteiger partial charge is 0.171 e. The second-order valence-electron chi connectivity index (χ2n) is 3.50. The predicted molar refractivity (Wildman–Crippen MR) is 58.7 cm³/mol. The molecule has 0 amide bonds. The second-order valence-corrected chi connectivity index (χ2v) is 3.91. The van der Waals surface area contributed by atoms with E-state index in [0.29, 0.717) is 11.2 Å². The Morgan fingerprint density at radius 1 is 1.33 bits per heavy atom. The average molecular weight is 228 g/mol. The zero-order chi connectivity index (χ0) is 10.8. The van der Waals surface area contributed by atoms with Gasteiger partial charge in [0.1, 0.15) is 11.6 Å². The van der Waals surface area contributed by atoms with Gasteiger partial charge in [-0.3, -0.25) is 0 Å². The van der Waals surface area contributed by atoms with Crippen LogP contribution in [0.1, 0.15) is 12.8 Å². The summed E-state index contributed by atoms with van der Waals surface area (Å²) in [6, 6.07) is 3.60. The number of rotatable bonds is 2. The van der Waals surface area contributed by atoms with E-state index in [1.54, 1.807) is 0 Å². The van der Waals surface area contributed by atoms with Crippen molar-refractivity contribution < 1.29 is 8.78 Å². The number of hydrogen-bond acceptors (Lipinski definition) is 1. The summed E-state index contributed by atoms with van der Waals surface area (Å²) in [5.74, 6) is -1.01. The molecule has 0 bridgehead atoms. The van der Waals surface area contributed by atoms with Crippen LogP contribution in [0.25, 0.3) is 0 Å². The Morgan fingerprint density at radius 2 is 2.07 bits per heavy atom. The zero-order valence-corrected chi connectivity index (χ0v) is 8.70. The number of nitrogens with one attached hydrogen (secondary N) is 2. The first-order valence-electron chi connectivity index (χ1n) is 4.68. The van der Waals surface area contributed by atoms with Gasteiger partial charge in [0.2, 0.25) is 0 Å². The fraction of sp³-hybridized carbons (Fsp3) is 0.300. The second kappa shape index (κ2) is 4.10. The van der Waals surface area contributed by atoms with Crippen LogP contribution >= 0.6 is 12.2 Å². The molecule has 1 aliphatic carbocycles. The van der Waals surface area contributed by atoms with E-state index in [1.165, 1.54) is 0 Å². The lowest BCUT2D eigenvalue weighted by atomic mass is 10.3. The Labute approximate surface area is 91.7 Å². The van der Waals surface area contributed by atoms with Crippen molar-refractivity contribution in [3.8, 4) is 0 Å². The number of hydrogen-bond donors (Lipinski definition) is 2. The number of halogens is 2. The molecule has 1 aliphatic rings. The van der Waals surface area contributed by atoms with Gasteiger partial charge in [-0.2, -0.15) is 0 Å². The molecule has 1 aromatic rings. The van der Waals surface area contributed by atoms with Crippen molar-refractivity contribution >= 4 is 23.0 Å². The maximum absolute atomic E-state index is 13.2. The van der Waals surface area contributed by atoms with Crippen molar-refractivity contribution in [2.45, 2.75) is 18.9 Å². The Kier molecular flexibility index (Phi) is 2.81. The molecule has 0 aromatic heterocycles. The lowest BCUT2D eigenvalue weighted by molar-refractivity contribution is 0.604. The molecule has 5 heteroatoms. The van der Waals surface area contributed by atoms with E-state index in [1.807, 2.05) is 0 Å². The van der Waals surface area contributed by atoms with Crippen LogP contribution in [0.5, 0.6) is 0 Å². The highest BCUT2D eigenvalue weighted by Gasteiger charge is 2.21. The van der Waals surface area contributed by atoms with Gasteiger partial charge >= 0.3 is 0 Å². The molecule has 1 fully saturated rings. The summed E-state index contributed by atoms with van der Waals surface area (Å²) >= 11 is 4.94. The normalized spacial score (nSPS) is 14.8. The first-order chi connectivity index (χ1) is 7.15. The Bertz CT molecular complexity index is 391. The molecule has 0 atom stereocenters. The van der Waals surface area contributed by atoms with Crippen LogP contribution < -0.4 is 10.6 Å². The van der Waals surface area contributed by atoms with Crippen LogP contribution in [0.2, 0.25) is 0 Å². The number of thiocarbonyl (C=S) groups is 1. The van der Waals surface area contributed by atoms with E-state index in [2.05, 4.69) is 10.6 Å². The molecule has 2 rings (SSSR count). The van der Waals surface area contributed by atoms with E-state index in [4.69, 9.17) is 12.2 Å². The van der Waals surface area contributed by atoms with Gasteiger partial charge in [0.05, 0.1) is 5.69 Å². The minimum atomic E-state index is -0.517. The first kappa shape index (κ1) is 10.3. The topological polar surface area (TPSA) is 24.1 Å². The molecule has 0 spiro atoms. The van der Waals surface area contributed by atoms with Gasteiger partial charge in [-0.15, -0.1) is 0 Å². The van der Waals surface area contributed by atoms with Gasteiger partial charge in [0, 0.05) is 12.1 Å². The van der Waals surface area contributed by atoms with E-state index in [0.717, 1.165) is 31.0 Å². The molecular formula is C10H10F2N2S. The van der Waals surface area contributed by atoms with E-state index >= 15 is 0 Å². The highest BCUT2D eigenvalue weighted by molar-refractivity contribution is 7.80. The molecule has 2 N–H and O–H groups in total. The van der Waals surface area contributed by atoms with Crippen molar-refractivity contribution in [3.63, 3.8) is 0 Å². The van der Waals surface area contributed by atoms with Gasteiger partial charge in [-0.05, 0) is 37.2 Å². The van der Waals surface area contributed by atoms with Crippen LogP contribution in [0.3, 0.4) is 0 Å². The summed E-state index contributed by atoms with van der Waals surface area (Å²) in [5, 5.41) is 5.94. The Balaban J connectivity index is 2.01. The van der Waals surface area contributed by atoms with Gasteiger partial charge in [-0.25, -0.2) is 8.78 Å². The Hall–Kier alpha value is -1.23. The van der Waals surface area contributed by atoms with Crippen molar-refractivity contribution in [3.05, 3.63) is 29.8 Å². The summed E-state index contributed by atoms with van der Waals surface area (Å²) in [6.07, 6.45) is 2.15. The molecule has 80 valence electrons. The van der Waals surface area contributed by atoms with Crippen molar-refractivity contribution in [1.29, 1.82) is 0 Å². The van der Waals surface area contributed by atoms with Crippen LogP contribution in [0.15, 0.2) is 18.2 Å². The highest BCUT2D eigenvalue weighted by Crippen LogP contribution is 2.19. The summed E-state index contributed by atoms with van der Waals surface area (Å²) in [5.41, 5.74) is 0.0631. The molecule has 1 saturated carbocycles. The molecule has 1 aromatic carbocycles. The lowest BCUT2D eigenvalue weighted by Crippen LogP contribution is -2.30. The summed E-state index contributed by atoms with van der Waals surface area (Å²) in [6.45, 7) is 0. The monoisotopic (exact) mass is 228 g/mol. The van der Waals surface area contributed by atoms with E-state index < -0.39 is 11.6 Å². The van der Waals surface area contributed by atoms with Crippen molar-refractivity contribution in [2.75, 3.05) is 5.32 Å². The fourth-order valence-electron chi connectivity index (χ4n) is 1.16. The van der Waals surface area contributed by atoms with Crippen molar-refractivity contribution in [1.82, 2.24) is 5.32 Å². The zero-order valence-electron chi connectivity index (χ0n) is 7.89. The summed E-state index contributed by atoms with van der Waals surface area (Å²) < 4.78 is 26.0. The largest absolute Gasteiger partial charge is 0.360 e. The van der Waals surface area contributed by atoms with Gasteiger partial charge in [0.25, 0.3) is 0 Å². The summed E-state index contributed by atoms with van der Waals surface area (Å²) in [4.78, 5) is 0. The summed E-state index contributed by atoms with van der Waals surface area (Å²) in [7, 11) is 0. The van der Waals surface area contributed by atoms with Crippen LogP contribution in [-0.2, 0) is 0 Å². The van der Waals surface area contributed by atoms with E-state index in [-0.39, 0.29) is 5.69 Å². The van der Waals surface area contributed by atoms with Crippen LogP contribution in [0.4, 0.5) is 14.5 Å². The molecule has 2 nitrogen and oxygen atoms in total. The Morgan fingerprint density at radius 3 is 2.73 bits per heavy atom. The molecular weight excluding hydrogens is 218 g/mol. The average Bonchev–Trinajstić information content (AvgIpc) is 2.95. The van der Waals surface area contributed by atoms with Crippen LogP contribution in [-0.4, -0.2) is 11.2 Å². The molecule has 0 radical (unpaired) electrons. The van der Waals surface area contributed by atoms with Gasteiger partial charge < -0.3 is 10.6 Å². The minimum Gasteiger partial charge on any atom is -0.360 e. The maximum Gasteiger partial charge on any atom is 0.171 e. The first-order valence-corrected chi connectivity index (χ1v) is 5.08. The van der Waals surface area contributed by atoms with Gasteiger partial charge in [-0.1, -0.05) is 0 Å². The lowest BCUT2D eigenvalue weighted by Gasteiger charge is -2.10. The molecule has 15 heavy (non-hydrogen) atoms. The van der Waals surface area contributed by atoms with E-state index in [9.17, 15) is 8.78 Å². The predicted octanol–water partition coefficient (Wildman–Crippen LogP) is 2.41. The number of benzene rings is 1. The molecule has 0 saturated heterocycles. The quantitative estimate of drug-likeness (QED) is 0.760. The third kappa shape index (κ3) is 2.86. The highest BCUT2D eigenvalue weighted by atomic mass is 32.1. The number of anilines is 1. The third-order valence-electron chi connectivity index (χ3n) is 2.09. The molecule has 0 unspecified atom stereocenters. The van der Waals surface area contributed by atoms with Gasteiger partial charge in [0.15, 0.2) is 5.11 Å². The fourth-order valence-corrected chi connectivity index (χ4v) is 1.44. The molecule has 0 aliphatic heterocycles. The maximum atomic E-state index is 13.2. The van der Waals surface area contributed by atoms with Crippen LogP contribution in [0, 0.1) is 11.6 Å². The standard InChI is InChI=1S/C10H10F2N2S/c11-6-1-4-8(12)9(5-6)14-10(15)13-7-2-3-7/h1,4-5,7H,2-3H2,(H2,13,14,15). The van der Waals surface area contributed by atoms with Crippen molar-refractivity contribution in [2.24, 2.45) is 0 Å². The molecule has 0 heterocycles. The SMILES string of the molecule is Fc1ccc(F)c(NC(=S)NC2CC2)c1.